The highest BCUT2D eigenvalue weighted by Gasteiger charge is 2.16. The largest absolute Gasteiger partial charge is 0.491 e. The quantitative estimate of drug-likeness (QED) is 0.637. The lowest BCUT2D eigenvalue weighted by Gasteiger charge is -2.14. The van der Waals surface area contributed by atoms with Crippen LogP contribution in [0.4, 0.5) is 4.39 Å². The summed E-state index contributed by atoms with van der Waals surface area (Å²) in [7, 11) is 0. The van der Waals surface area contributed by atoms with Crippen molar-refractivity contribution in [2.75, 3.05) is 0 Å². The van der Waals surface area contributed by atoms with Crippen LogP contribution >= 0.6 is 27.5 Å². The Balaban J connectivity index is 2.25. The third kappa shape index (κ3) is 3.53. The Hall–Kier alpha value is -1.06. The van der Waals surface area contributed by atoms with Crippen molar-refractivity contribution in [1.82, 2.24) is 0 Å². The number of hydrogen-bond donors (Lipinski definition) is 0. The molecule has 0 saturated carbocycles. The second-order valence-electron chi connectivity index (χ2n) is 4.74. The van der Waals surface area contributed by atoms with E-state index in [4.69, 9.17) is 16.3 Å². The van der Waals surface area contributed by atoms with Crippen molar-refractivity contribution in [1.29, 1.82) is 0 Å². The third-order valence-corrected chi connectivity index (χ3v) is 3.90. The monoisotopic (exact) mass is 356 g/mol. The molecule has 0 aliphatic heterocycles. The molecule has 1 nitrogen and oxygen atoms in total. The highest BCUT2D eigenvalue weighted by Crippen LogP contribution is 2.33. The molecule has 0 aliphatic carbocycles. The van der Waals surface area contributed by atoms with E-state index in [2.05, 4.69) is 15.9 Å². The summed E-state index contributed by atoms with van der Waals surface area (Å²) in [5.74, 6) is 0.456. The first kappa shape index (κ1) is 15.3. The molecule has 0 amide bonds. The number of ether oxygens (including phenoxy) is 1. The number of hydrogen-bond acceptors (Lipinski definition) is 1. The molecule has 20 heavy (non-hydrogen) atoms. The van der Waals surface area contributed by atoms with Gasteiger partial charge in [-0.05, 0) is 53.5 Å². The van der Waals surface area contributed by atoms with E-state index >= 15 is 0 Å². The second kappa shape index (κ2) is 6.59. The van der Waals surface area contributed by atoms with E-state index in [0.29, 0.717) is 10.0 Å². The normalized spacial score (nSPS) is 12.5. The first-order valence-electron chi connectivity index (χ1n) is 6.33. The van der Waals surface area contributed by atoms with Crippen LogP contribution in [-0.4, -0.2) is 6.10 Å². The van der Waals surface area contributed by atoms with Crippen molar-refractivity contribution >= 4 is 27.5 Å². The lowest BCUT2D eigenvalue weighted by molar-refractivity contribution is 0.242. The van der Waals surface area contributed by atoms with Crippen molar-refractivity contribution in [2.45, 2.75) is 25.3 Å². The summed E-state index contributed by atoms with van der Waals surface area (Å²) < 4.78 is 20.0. The fourth-order valence-corrected chi connectivity index (χ4v) is 2.58. The van der Waals surface area contributed by atoms with Crippen molar-refractivity contribution in [3.8, 4) is 5.75 Å². The van der Waals surface area contributed by atoms with Crippen LogP contribution in [0.5, 0.6) is 5.75 Å². The van der Waals surface area contributed by atoms with E-state index in [1.165, 1.54) is 0 Å². The molecule has 0 saturated heterocycles. The summed E-state index contributed by atoms with van der Waals surface area (Å²) in [6.07, 6.45) is 0.121. The van der Waals surface area contributed by atoms with E-state index in [9.17, 15) is 4.39 Å². The van der Waals surface area contributed by atoms with Gasteiger partial charge in [-0.15, -0.1) is 11.6 Å². The van der Waals surface area contributed by atoms with Gasteiger partial charge in [0.25, 0.3) is 0 Å². The highest BCUT2D eigenvalue weighted by atomic mass is 79.9. The predicted molar refractivity (Wildman–Crippen MR) is 84.0 cm³/mol. The van der Waals surface area contributed by atoms with Crippen molar-refractivity contribution < 1.29 is 9.13 Å². The van der Waals surface area contributed by atoms with Crippen LogP contribution in [0.15, 0.2) is 46.9 Å². The van der Waals surface area contributed by atoms with Crippen molar-refractivity contribution in [3.05, 3.63) is 63.9 Å². The molecule has 1 atom stereocenters. The number of benzene rings is 2. The molecule has 0 bridgehead atoms. The molecule has 4 heteroatoms. The molecular weight excluding hydrogens is 343 g/mol. The van der Waals surface area contributed by atoms with Gasteiger partial charge in [-0.1, -0.05) is 24.3 Å². The van der Waals surface area contributed by atoms with Gasteiger partial charge in [-0.25, -0.2) is 4.39 Å². The summed E-state index contributed by atoms with van der Waals surface area (Å²) in [6, 6.07) is 12.5. The second-order valence-corrected chi connectivity index (χ2v) is 6.03. The molecule has 0 aromatic heterocycles. The molecule has 0 N–H and O–H groups in total. The van der Waals surface area contributed by atoms with Gasteiger partial charge in [0.15, 0.2) is 0 Å². The summed E-state index contributed by atoms with van der Waals surface area (Å²) in [6.45, 7) is 3.93. The van der Waals surface area contributed by atoms with Crippen LogP contribution in [0.25, 0.3) is 0 Å². The zero-order valence-electron chi connectivity index (χ0n) is 11.2. The molecule has 0 fully saturated rings. The zero-order chi connectivity index (χ0) is 14.7. The Labute approximate surface area is 131 Å². The summed E-state index contributed by atoms with van der Waals surface area (Å²) >= 11 is 9.54. The zero-order valence-corrected chi connectivity index (χ0v) is 13.6. The van der Waals surface area contributed by atoms with Crippen molar-refractivity contribution in [2.24, 2.45) is 0 Å². The van der Waals surface area contributed by atoms with Crippen LogP contribution in [0, 0.1) is 5.82 Å². The van der Waals surface area contributed by atoms with Gasteiger partial charge in [-0.3, -0.25) is 0 Å². The maximum atomic E-state index is 14.0. The fourth-order valence-electron chi connectivity index (χ4n) is 1.88. The maximum absolute atomic E-state index is 14.0. The van der Waals surface area contributed by atoms with Gasteiger partial charge in [0.1, 0.15) is 11.6 Å². The Bertz CT molecular complexity index is 584. The Morgan fingerprint density at radius 2 is 1.75 bits per heavy atom. The topological polar surface area (TPSA) is 9.23 Å². The van der Waals surface area contributed by atoms with Gasteiger partial charge < -0.3 is 4.74 Å². The summed E-state index contributed by atoms with van der Waals surface area (Å²) in [5, 5.41) is -0.527. The van der Waals surface area contributed by atoms with E-state index < -0.39 is 5.38 Å². The van der Waals surface area contributed by atoms with E-state index in [1.807, 2.05) is 38.1 Å². The SMILES string of the molecule is CC(C)Oc1ccc(C(Cl)c2cccc(Br)c2F)cc1. The minimum absolute atomic E-state index is 0.121. The van der Waals surface area contributed by atoms with E-state index in [-0.39, 0.29) is 11.9 Å². The minimum atomic E-state index is -0.527. The fraction of sp³-hybridized carbons (Fsp3) is 0.250. The van der Waals surface area contributed by atoms with Crippen LogP contribution in [-0.2, 0) is 0 Å². The molecule has 0 spiro atoms. The summed E-state index contributed by atoms with van der Waals surface area (Å²) in [4.78, 5) is 0. The average Bonchev–Trinajstić information content (AvgIpc) is 2.41. The molecule has 1 unspecified atom stereocenters. The Morgan fingerprint density at radius 3 is 2.35 bits per heavy atom. The molecule has 2 rings (SSSR count). The van der Waals surface area contributed by atoms with Gasteiger partial charge in [0, 0.05) is 5.56 Å². The first-order valence-corrected chi connectivity index (χ1v) is 7.56. The average molecular weight is 358 g/mol. The molecule has 0 heterocycles. The molecular formula is C16H15BrClFO. The lowest BCUT2D eigenvalue weighted by atomic mass is 10.0. The standard InChI is InChI=1S/C16H15BrClFO/c1-10(2)20-12-8-6-11(7-9-12)15(18)13-4-3-5-14(17)16(13)19/h3-10,15H,1-2H3. The first-order chi connectivity index (χ1) is 9.49. The predicted octanol–water partition coefficient (Wildman–Crippen LogP) is 5.70. The number of rotatable bonds is 4. The highest BCUT2D eigenvalue weighted by molar-refractivity contribution is 9.10. The van der Waals surface area contributed by atoms with Gasteiger partial charge in [0.2, 0.25) is 0 Å². The maximum Gasteiger partial charge on any atom is 0.142 e. The van der Waals surface area contributed by atoms with Gasteiger partial charge in [0.05, 0.1) is 16.0 Å². The molecule has 2 aromatic carbocycles. The minimum Gasteiger partial charge on any atom is -0.491 e. The Morgan fingerprint density at radius 1 is 1.10 bits per heavy atom. The molecule has 0 radical (unpaired) electrons. The van der Waals surface area contributed by atoms with Crippen LogP contribution in [0.1, 0.15) is 30.4 Å². The smallest absolute Gasteiger partial charge is 0.142 e. The molecule has 2 aromatic rings. The van der Waals surface area contributed by atoms with Gasteiger partial charge in [-0.2, -0.15) is 0 Å². The number of alkyl halides is 1. The number of halogens is 3. The van der Waals surface area contributed by atoms with E-state index in [1.54, 1.807) is 18.2 Å². The molecule has 106 valence electrons. The molecule has 0 aliphatic rings. The Kier molecular flexibility index (Phi) is 5.06. The van der Waals surface area contributed by atoms with Crippen molar-refractivity contribution in [3.63, 3.8) is 0 Å². The van der Waals surface area contributed by atoms with Crippen LogP contribution in [0.3, 0.4) is 0 Å². The summed E-state index contributed by atoms with van der Waals surface area (Å²) in [5.41, 5.74) is 1.29. The van der Waals surface area contributed by atoms with Crippen LogP contribution < -0.4 is 4.74 Å². The van der Waals surface area contributed by atoms with Gasteiger partial charge >= 0.3 is 0 Å². The van der Waals surface area contributed by atoms with E-state index in [0.717, 1.165) is 11.3 Å². The third-order valence-electron chi connectivity index (χ3n) is 2.80. The lowest BCUT2D eigenvalue weighted by Crippen LogP contribution is -2.05. The van der Waals surface area contributed by atoms with Crippen LogP contribution in [0.2, 0.25) is 0 Å².